The van der Waals surface area contributed by atoms with Crippen molar-refractivity contribution in [1.29, 1.82) is 0 Å². The van der Waals surface area contributed by atoms with Crippen LogP contribution in [0.4, 0.5) is 0 Å². The summed E-state index contributed by atoms with van der Waals surface area (Å²) >= 11 is 0. The van der Waals surface area contributed by atoms with Crippen molar-refractivity contribution >= 4 is 22.9 Å². The minimum atomic E-state index is 0.133. The molecule has 0 spiro atoms. The van der Waals surface area contributed by atoms with Gasteiger partial charge in [-0.2, -0.15) is 0 Å². The lowest BCUT2D eigenvalue weighted by Gasteiger charge is -2.24. The van der Waals surface area contributed by atoms with E-state index in [4.69, 9.17) is 0 Å². The lowest BCUT2D eigenvalue weighted by atomic mass is 9.90. The molecule has 2 aliphatic heterocycles. The largest absolute Gasteiger partial charge is 0.381 e. The Kier molecular flexibility index (Phi) is 6.54. The summed E-state index contributed by atoms with van der Waals surface area (Å²) in [6.45, 7) is 7.44. The Morgan fingerprint density at radius 3 is 2.43 bits per heavy atom. The molecule has 3 aromatic rings. The molecule has 2 aliphatic rings. The van der Waals surface area contributed by atoms with E-state index >= 15 is 0 Å². The topological polar surface area (TPSA) is 24.1 Å². The van der Waals surface area contributed by atoms with Crippen molar-refractivity contribution in [3.63, 3.8) is 0 Å². The van der Waals surface area contributed by atoms with E-state index in [1.165, 1.54) is 55.8 Å². The van der Waals surface area contributed by atoms with Crippen LogP contribution in [0.1, 0.15) is 54.6 Å². The van der Waals surface area contributed by atoms with Crippen molar-refractivity contribution < 1.29 is 0 Å². The van der Waals surface area contributed by atoms with Gasteiger partial charge in [0.2, 0.25) is 0 Å². The van der Waals surface area contributed by atoms with E-state index < -0.39 is 0 Å². The van der Waals surface area contributed by atoms with E-state index in [0.29, 0.717) is 0 Å². The normalized spacial score (nSPS) is 17.9. The highest BCUT2D eigenvalue weighted by molar-refractivity contribution is 5.88. The quantitative estimate of drug-likeness (QED) is 0.383. The molecule has 35 heavy (non-hydrogen) atoms. The second kappa shape index (κ2) is 10.1. The average Bonchev–Trinajstić information content (AvgIpc) is 2.89. The van der Waals surface area contributed by atoms with E-state index in [1.54, 1.807) is 0 Å². The summed E-state index contributed by atoms with van der Waals surface area (Å²) in [6, 6.07) is 28.1. The lowest BCUT2D eigenvalue weighted by molar-refractivity contribution is 0.741. The molecule has 0 saturated heterocycles. The second-order valence-electron chi connectivity index (χ2n) is 9.31. The maximum Gasteiger partial charge on any atom is 0.0704 e. The minimum Gasteiger partial charge on any atom is -0.381 e. The highest BCUT2D eigenvalue weighted by atomic mass is 14.9. The van der Waals surface area contributed by atoms with E-state index in [2.05, 4.69) is 141 Å². The Labute approximate surface area is 209 Å². The molecule has 174 valence electrons. The third kappa shape index (κ3) is 4.93. The summed E-state index contributed by atoms with van der Waals surface area (Å²) in [5.41, 5.74) is 12.5. The molecule has 2 heteroatoms. The number of nitrogens with one attached hydrogen (secondary N) is 2. The highest BCUT2D eigenvalue weighted by Gasteiger charge is 2.18. The van der Waals surface area contributed by atoms with Crippen LogP contribution in [0.25, 0.3) is 22.9 Å². The fourth-order valence-corrected chi connectivity index (χ4v) is 4.91. The zero-order chi connectivity index (χ0) is 24.2. The first-order valence-corrected chi connectivity index (χ1v) is 12.3. The third-order valence-electron chi connectivity index (χ3n) is 6.77. The van der Waals surface area contributed by atoms with Gasteiger partial charge in [-0.05, 0) is 60.2 Å². The maximum absolute atomic E-state index is 3.64. The van der Waals surface area contributed by atoms with Crippen LogP contribution < -0.4 is 10.6 Å². The molecule has 0 amide bonds. The molecular weight excluding hydrogens is 424 g/mol. The molecule has 0 radical (unpaired) electrons. The third-order valence-corrected chi connectivity index (χ3v) is 6.77. The van der Waals surface area contributed by atoms with E-state index in [-0.39, 0.29) is 6.04 Å². The summed E-state index contributed by atoms with van der Waals surface area (Å²) in [5, 5.41) is 7.19. The summed E-state index contributed by atoms with van der Waals surface area (Å²) in [5.74, 6) is 0. The van der Waals surface area contributed by atoms with Crippen molar-refractivity contribution in [1.82, 2.24) is 10.6 Å². The van der Waals surface area contributed by atoms with Gasteiger partial charge in [-0.3, -0.25) is 0 Å². The molecule has 0 fully saturated rings. The molecule has 5 rings (SSSR count). The van der Waals surface area contributed by atoms with E-state index in [1.807, 2.05) is 0 Å². The predicted molar refractivity (Wildman–Crippen MR) is 150 cm³/mol. The minimum absolute atomic E-state index is 0.133. The fraction of sp³-hybridized carbons (Fsp3) is 0.152. The Morgan fingerprint density at radius 2 is 1.63 bits per heavy atom. The van der Waals surface area contributed by atoms with Gasteiger partial charge in [-0.15, -0.1) is 0 Å². The molecule has 2 N–H and O–H groups in total. The number of allylic oxidation sites excluding steroid dienone is 5. The van der Waals surface area contributed by atoms with Crippen molar-refractivity contribution in [3.8, 4) is 0 Å². The van der Waals surface area contributed by atoms with Crippen LogP contribution in [0.15, 0.2) is 114 Å². The van der Waals surface area contributed by atoms with Crippen LogP contribution in [0.2, 0.25) is 0 Å². The van der Waals surface area contributed by atoms with Crippen molar-refractivity contribution in [2.75, 3.05) is 6.54 Å². The molecule has 1 unspecified atom stereocenters. The van der Waals surface area contributed by atoms with E-state index in [9.17, 15) is 0 Å². The number of rotatable bonds is 5. The maximum atomic E-state index is 3.64. The molecule has 0 bridgehead atoms. The second-order valence-corrected chi connectivity index (χ2v) is 9.31. The van der Waals surface area contributed by atoms with Crippen molar-refractivity contribution in [3.05, 3.63) is 142 Å². The van der Waals surface area contributed by atoms with Crippen LogP contribution in [0, 0.1) is 0 Å². The van der Waals surface area contributed by atoms with Crippen LogP contribution in [-0.2, 0) is 0 Å². The Morgan fingerprint density at radius 1 is 0.886 bits per heavy atom. The number of dihydropyridines is 2. The lowest BCUT2D eigenvalue weighted by Crippen LogP contribution is -2.19. The molecule has 0 aliphatic carbocycles. The zero-order valence-corrected chi connectivity index (χ0v) is 20.7. The Bertz CT molecular complexity index is 1380. The molecule has 3 aromatic carbocycles. The SMILES string of the molecule is CC1=CCNC(c2ccccc2/C(C)=C/c2ccccc2C2C=C(C)C(c3ccccc3)=CN2)=C1. The van der Waals surface area contributed by atoms with Crippen LogP contribution >= 0.6 is 0 Å². The summed E-state index contributed by atoms with van der Waals surface area (Å²) in [4.78, 5) is 0. The van der Waals surface area contributed by atoms with Gasteiger partial charge in [0.15, 0.2) is 0 Å². The molecule has 0 saturated carbocycles. The van der Waals surface area contributed by atoms with Gasteiger partial charge < -0.3 is 10.6 Å². The smallest absolute Gasteiger partial charge is 0.0704 e. The van der Waals surface area contributed by atoms with Crippen molar-refractivity contribution in [2.45, 2.75) is 26.8 Å². The molecule has 0 aromatic heterocycles. The molecular formula is C33H32N2. The van der Waals surface area contributed by atoms with Crippen LogP contribution in [0.3, 0.4) is 0 Å². The first-order chi connectivity index (χ1) is 17.1. The Hall–Kier alpha value is -4.04. The highest BCUT2D eigenvalue weighted by Crippen LogP contribution is 2.33. The van der Waals surface area contributed by atoms with Gasteiger partial charge in [0, 0.05) is 29.6 Å². The summed E-state index contributed by atoms with van der Waals surface area (Å²) in [7, 11) is 0. The molecule has 1 atom stereocenters. The van der Waals surface area contributed by atoms with Crippen LogP contribution in [-0.4, -0.2) is 6.54 Å². The summed E-state index contributed by atoms with van der Waals surface area (Å²) in [6.07, 6.45) is 11.3. The monoisotopic (exact) mass is 456 g/mol. The van der Waals surface area contributed by atoms with Gasteiger partial charge >= 0.3 is 0 Å². The van der Waals surface area contributed by atoms with Gasteiger partial charge in [-0.1, -0.05) is 103 Å². The van der Waals surface area contributed by atoms with Gasteiger partial charge in [0.25, 0.3) is 0 Å². The first-order valence-electron chi connectivity index (χ1n) is 12.3. The average molecular weight is 457 g/mol. The van der Waals surface area contributed by atoms with Gasteiger partial charge in [0.1, 0.15) is 0 Å². The first kappa shape index (κ1) is 22.7. The van der Waals surface area contributed by atoms with Gasteiger partial charge in [0.05, 0.1) is 6.04 Å². The predicted octanol–water partition coefficient (Wildman–Crippen LogP) is 7.77. The van der Waals surface area contributed by atoms with Gasteiger partial charge in [-0.25, -0.2) is 0 Å². The number of hydrogen-bond donors (Lipinski definition) is 2. The number of benzene rings is 3. The number of hydrogen-bond acceptors (Lipinski definition) is 2. The molecule has 2 nitrogen and oxygen atoms in total. The summed E-state index contributed by atoms with van der Waals surface area (Å²) < 4.78 is 0. The van der Waals surface area contributed by atoms with E-state index in [0.717, 1.165) is 6.54 Å². The zero-order valence-electron chi connectivity index (χ0n) is 20.7. The Balaban J connectivity index is 1.47. The standard InChI is InChI=1S/C33H32N2/c1-23-17-18-34-32(19-23)30-16-10-9-14-28(30)24(2)20-27-13-7-8-15-29(27)33-21-25(3)31(22-35-33)26-11-5-4-6-12-26/h4-17,19-22,33-35H,18H2,1-3H3/b24-20+. The van der Waals surface area contributed by atoms with Crippen LogP contribution in [0.5, 0.6) is 0 Å². The molecule has 2 heterocycles. The fourth-order valence-electron chi connectivity index (χ4n) is 4.91. The van der Waals surface area contributed by atoms with Crippen molar-refractivity contribution in [2.24, 2.45) is 0 Å².